The smallest absolute Gasteiger partial charge is 0.163 e. The van der Waals surface area contributed by atoms with Crippen molar-refractivity contribution in [2.24, 2.45) is 0 Å². The molecule has 0 aliphatic rings. The Hall–Kier alpha value is -2.69. The Balaban J connectivity index is 2.22. The Morgan fingerprint density at radius 1 is 1.10 bits per heavy atom. The molecule has 3 rings (SSSR count). The SMILES string of the molecule is COc1cc2nc(-c3c(C)cccc3N)[nH]c2cc1OC. The van der Waals surface area contributed by atoms with Crippen molar-refractivity contribution in [2.45, 2.75) is 6.92 Å². The van der Waals surface area contributed by atoms with Crippen molar-refractivity contribution in [3.05, 3.63) is 35.9 Å². The molecule has 0 radical (unpaired) electrons. The van der Waals surface area contributed by atoms with Crippen LogP contribution in [0.3, 0.4) is 0 Å². The summed E-state index contributed by atoms with van der Waals surface area (Å²) in [7, 11) is 3.22. The van der Waals surface area contributed by atoms with Crippen molar-refractivity contribution in [1.82, 2.24) is 9.97 Å². The zero-order chi connectivity index (χ0) is 15.0. The molecular weight excluding hydrogens is 266 g/mol. The number of benzene rings is 2. The first-order valence-corrected chi connectivity index (χ1v) is 6.61. The van der Waals surface area contributed by atoms with Gasteiger partial charge in [0.15, 0.2) is 11.5 Å². The van der Waals surface area contributed by atoms with Crippen molar-refractivity contribution in [3.63, 3.8) is 0 Å². The van der Waals surface area contributed by atoms with E-state index in [2.05, 4.69) is 9.97 Å². The van der Waals surface area contributed by atoms with Gasteiger partial charge in [-0.3, -0.25) is 0 Å². The van der Waals surface area contributed by atoms with E-state index in [-0.39, 0.29) is 0 Å². The molecule has 5 nitrogen and oxygen atoms in total. The van der Waals surface area contributed by atoms with Crippen molar-refractivity contribution < 1.29 is 9.47 Å². The maximum Gasteiger partial charge on any atom is 0.163 e. The molecule has 0 bridgehead atoms. The summed E-state index contributed by atoms with van der Waals surface area (Å²) in [5.74, 6) is 2.06. The highest BCUT2D eigenvalue weighted by molar-refractivity contribution is 5.86. The van der Waals surface area contributed by atoms with Gasteiger partial charge in [0.05, 0.1) is 25.3 Å². The van der Waals surface area contributed by atoms with Crippen LogP contribution in [0.2, 0.25) is 0 Å². The van der Waals surface area contributed by atoms with Crippen molar-refractivity contribution in [3.8, 4) is 22.9 Å². The highest BCUT2D eigenvalue weighted by Crippen LogP contribution is 2.34. The number of imidazole rings is 1. The molecule has 0 saturated heterocycles. The van der Waals surface area contributed by atoms with Gasteiger partial charge in [0.2, 0.25) is 0 Å². The first-order valence-electron chi connectivity index (χ1n) is 6.61. The van der Waals surface area contributed by atoms with Crippen LogP contribution in [0.15, 0.2) is 30.3 Å². The third kappa shape index (κ3) is 2.16. The van der Waals surface area contributed by atoms with Crippen LogP contribution in [-0.2, 0) is 0 Å². The Labute approximate surface area is 122 Å². The van der Waals surface area contributed by atoms with E-state index in [0.717, 1.165) is 28.0 Å². The number of nitrogens with zero attached hydrogens (tertiary/aromatic N) is 1. The van der Waals surface area contributed by atoms with Crippen LogP contribution in [0.5, 0.6) is 11.5 Å². The van der Waals surface area contributed by atoms with Gasteiger partial charge in [-0.2, -0.15) is 0 Å². The van der Waals surface area contributed by atoms with Crippen LogP contribution < -0.4 is 15.2 Å². The second-order valence-corrected chi connectivity index (χ2v) is 4.85. The van der Waals surface area contributed by atoms with Crippen LogP contribution in [0, 0.1) is 6.92 Å². The van der Waals surface area contributed by atoms with Crippen molar-refractivity contribution >= 4 is 16.7 Å². The van der Waals surface area contributed by atoms with Gasteiger partial charge in [-0.05, 0) is 18.6 Å². The second kappa shape index (κ2) is 5.01. The average molecular weight is 283 g/mol. The van der Waals surface area contributed by atoms with E-state index in [0.29, 0.717) is 17.2 Å². The molecule has 3 N–H and O–H groups in total. The van der Waals surface area contributed by atoms with Gasteiger partial charge < -0.3 is 20.2 Å². The van der Waals surface area contributed by atoms with E-state index in [1.807, 2.05) is 37.3 Å². The van der Waals surface area contributed by atoms with Gasteiger partial charge in [0, 0.05) is 23.4 Å². The van der Waals surface area contributed by atoms with Crippen molar-refractivity contribution in [1.29, 1.82) is 0 Å². The molecule has 0 aliphatic heterocycles. The summed E-state index contributed by atoms with van der Waals surface area (Å²) in [6.45, 7) is 2.01. The van der Waals surface area contributed by atoms with Crippen LogP contribution in [-0.4, -0.2) is 24.2 Å². The largest absolute Gasteiger partial charge is 0.493 e. The quantitative estimate of drug-likeness (QED) is 0.724. The van der Waals surface area contributed by atoms with Crippen LogP contribution in [0.1, 0.15) is 5.56 Å². The summed E-state index contributed by atoms with van der Waals surface area (Å²) in [5, 5.41) is 0. The van der Waals surface area contributed by atoms with E-state index < -0.39 is 0 Å². The zero-order valence-corrected chi connectivity index (χ0v) is 12.2. The number of hydrogen-bond donors (Lipinski definition) is 2. The summed E-state index contributed by atoms with van der Waals surface area (Å²) in [4.78, 5) is 7.91. The molecule has 0 saturated carbocycles. The number of nitrogens with two attached hydrogens (primary N) is 1. The highest BCUT2D eigenvalue weighted by atomic mass is 16.5. The van der Waals surface area contributed by atoms with Crippen LogP contribution in [0.25, 0.3) is 22.4 Å². The monoisotopic (exact) mass is 283 g/mol. The maximum atomic E-state index is 6.08. The number of H-pyrrole nitrogens is 1. The fourth-order valence-corrected chi connectivity index (χ4v) is 2.47. The molecule has 0 unspecified atom stereocenters. The number of aryl methyl sites for hydroxylation is 1. The predicted molar refractivity (Wildman–Crippen MR) is 83.8 cm³/mol. The molecule has 1 heterocycles. The average Bonchev–Trinajstić information content (AvgIpc) is 2.87. The summed E-state index contributed by atoms with van der Waals surface area (Å²) in [5.41, 5.74) is 10.5. The molecule has 0 aliphatic carbocycles. The summed E-state index contributed by atoms with van der Waals surface area (Å²) in [6.07, 6.45) is 0. The number of fused-ring (bicyclic) bond motifs is 1. The molecule has 0 fully saturated rings. The standard InChI is InChI=1S/C16H17N3O2/c1-9-5-4-6-10(17)15(9)16-18-11-7-13(20-2)14(21-3)8-12(11)19-16/h4-8H,17H2,1-3H3,(H,18,19). The normalized spacial score (nSPS) is 10.8. The van der Waals surface area contributed by atoms with Gasteiger partial charge in [-0.15, -0.1) is 0 Å². The first-order chi connectivity index (χ1) is 10.1. The minimum Gasteiger partial charge on any atom is -0.493 e. The minimum atomic E-state index is 0.654. The lowest BCUT2D eigenvalue weighted by Crippen LogP contribution is -1.93. The molecule has 21 heavy (non-hydrogen) atoms. The van der Waals surface area contributed by atoms with Crippen LogP contribution in [0.4, 0.5) is 5.69 Å². The molecule has 5 heteroatoms. The second-order valence-electron chi connectivity index (χ2n) is 4.85. The first kappa shape index (κ1) is 13.3. The summed E-state index contributed by atoms with van der Waals surface area (Å²) in [6, 6.07) is 9.54. The topological polar surface area (TPSA) is 73.2 Å². The maximum absolute atomic E-state index is 6.08. The number of aromatic nitrogens is 2. The summed E-state index contributed by atoms with van der Waals surface area (Å²) < 4.78 is 10.6. The zero-order valence-electron chi connectivity index (χ0n) is 12.2. The molecular formula is C16H17N3O2. The van der Waals surface area contributed by atoms with Gasteiger partial charge in [0.25, 0.3) is 0 Å². The third-order valence-electron chi connectivity index (χ3n) is 3.53. The van der Waals surface area contributed by atoms with E-state index >= 15 is 0 Å². The fourth-order valence-electron chi connectivity index (χ4n) is 2.47. The molecule has 3 aromatic rings. The number of ether oxygens (including phenoxy) is 2. The number of nitrogens with one attached hydrogen (secondary N) is 1. The van der Waals surface area contributed by atoms with E-state index in [1.165, 1.54) is 0 Å². The Morgan fingerprint density at radius 3 is 2.48 bits per heavy atom. The van der Waals surface area contributed by atoms with Gasteiger partial charge in [0.1, 0.15) is 5.82 Å². The van der Waals surface area contributed by atoms with Crippen molar-refractivity contribution in [2.75, 3.05) is 20.0 Å². The molecule has 0 amide bonds. The number of hydrogen-bond acceptors (Lipinski definition) is 4. The third-order valence-corrected chi connectivity index (χ3v) is 3.53. The van der Waals surface area contributed by atoms with Crippen LogP contribution >= 0.6 is 0 Å². The molecule has 108 valence electrons. The number of aromatic amines is 1. The molecule has 0 spiro atoms. The van der Waals surface area contributed by atoms with Gasteiger partial charge in [-0.25, -0.2) is 4.98 Å². The Bertz CT molecular complexity index is 747. The highest BCUT2D eigenvalue weighted by Gasteiger charge is 2.13. The Kier molecular flexibility index (Phi) is 3.17. The minimum absolute atomic E-state index is 0.654. The lowest BCUT2D eigenvalue weighted by molar-refractivity contribution is 0.356. The molecule has 1 aromatic heterocycles. The molecule has 2 aromatic carbocycles. The lowest BCUT2D eigenvalue weighted by Gasteiger charge is -2.06. The predicted octanol–water partition coefficient (Wildman–Crippen LogP) is 3.14. The van der Waals surface area contributed by atoms with E-state index in [4.69, 9.17) is 15.2 Å². The van der Waals surface area contributed by atoms with E-state index in [1.54, 1.807) is 14.2 Å². The van der Waals surface area contributed by atoms with E-state index in [9.17, 15) is 0 Å². The number of nitrogen functional groups attached to an aromatic ring is 1. The lowest BCUT2D eigenvalue weighted by atomic mass is 10.1. The van der Waals surface area contributed by atoms with Gasteiger partial charge in [-0.1, -0.05) is 12.1 Å². The summed E-state index contributed by atoms with van der Waals surface area (Å²) >= 11 is 0. The number of methoxy groups -OCH3 is 2. The number of anilines is 1. The fraction of sp³-hybridized carbons (Fsp3) is 0.188. The van der Waals surface area contributed by atoms with Gasteiger partial charge >= 0.3 is 0 Å². The Morgan fingerprint density at radius 2 is 1.81 bits per heavy atom. The number of rotatable bonds is 3. The molecule has 0 atom stereocenters.